The van der Waals surface area contributed by atoms with Crippen LogP contribution in [0.3, 0.4) is 0 Å². The zero-order valence-electron chi connectivity index (χ0n) is 21.8. The van der Waals surface area contributed by atoms with Gasteiger partial charge in [-0.15, -0.1) is 0 Å². The lowest BCUT2D eigenvalue weighted by Gasteiger charge is -2.32. The molecule has 1 amide bonds. The molecule has 0 radical (unpaired) electrons. The topological polar surface area (TPSA) is 84.9 Å². The number of hydrogen-bond donors (Lipinski definition) is 1. The summed E-state index contributed by atoms with van der Waals surface area (Å²) in [7, 11) is 0. The second kappa shape index (κ2) is 12.9. The second-order valence-corrected chi connectivity index (χ2v) is 10.1. The van der Waals surface area contributed by atoms with Gasteiger partial charge in [0.2, 0.25) is 5.91 Å². The van der Waals surface area contributed by atoms with Crippen LogP contribution in [0.5, 0.6) is 0 Å². The first-order valence-corrected chi connectivity index (χ1v) is 13.5. The van der Waals surface area contributed by atoms with Crippen LogP contribution in [0.4, 0.5) is 0 Å². The summed E-state index contributed by atoms with van der Waals surface area (Å²) in [4.78, 5) is 41.4. The van der Waals surface area contributed by atoms with E-state index < -0.39 is 18.1 Å². The van der Waals surface area contributed by atoms with Crippen LogP contribution in [0, 0.1) is 5.92 Å². The highest BCUT2D eigenvalue weighted by Gasteiger charge is 2.50. The average molecular weight is 507 g/mol. The predicted octanol–water partition coefficient (Wildman–Crippen LogP) is 4.04. The van der Waals surface area contributed by atoms with Gasteiger partial charge in [0.15, 0.2) is 0 Å². The number of nitrogens with one attached hydrogen (secondary N) is 1. The lowest BCUT2D eigenvalue weighted by Crippen LogP contribution is -2.55. The first-order chi connectivity index (χ1) is 18.0. The van der Waals surface area contributed by atoms with Crippen LogP contribution < -0.4 is 5.32 Å². The number of aryl methyl sites for hydroxylation is 1. The number of ether oxygens (including phenoxy) is 2. The van der Waals surface area contributed by atoms with Crippen molar-refractivity contribution in [1.82, 2.24) is 10.2 Å². The van der Waals surface area contributed by atoms with Crippen molar-refractivity contribution in [2.75, 3.05) is 6.61 Å². The molecule has 1 heterocycles. The summed E-state index contributed by atoms with van der Waals surface area (Å²) in [5.41, 5.74) is 2.03. The average Bonchev–Trinajstić information content (AvgIpc) is 3.52. The van der Waals surface area contributed by atoms with E-state index in [2.05, 4.69) is 5.32 Å². The Labute approximate surface area is 219 Å². The van der Waals surface area contributed by atoms with Crippen molar-refractivity contribution in [1.29, 1.82) is 0 Å². The van der Waals surface area contributed by atoms with Gasteiger partial charge < -0.3 is 14.4 Å². The van der Waals surface area contributed by atoms with Crippen LogP contribution in [0.1, 0.15) is 57.1 Å². The number of carbonyl (C=O) groups excluding carboxylic acids is 3. The van der Waals surface area contributed by atoms with Crippen LogP contribution >= 0.6 is 0 Å². The van der Waals surface area contributed by atoms with Gasteiger partial charge >= 0.3 is 11.9 Å². The van der Waals surface area contributed by atoms with E-state index in [0.717, 1.165) is 30.4 Å². The Balaban J connectivity index is 1.43. The standard InChI is InChI=1S/C30H38N2O5/c1-3-36-29(34)25(18-17-22-11-6-4-7-12-22)31-21(2)28(33)32-26-16-10-15-24(26)19-27(32)30(35)37-20-23-13-8-5-9-14-23/h4-9,11-14,21,24-27,31H,3,10,15-20H2,1-2H3/t21?,24-,25-,26-,27-/m0/s1. The molecule has 198 valence electrons. The summed E-state index contributed by atoms with van der Waals surface area (Å²) in [5.74, 6) is -0.573. The molecular weight excluding hydrogens is 468 g/mol. The first kappa shape index (κ1) is 26.9. The molecule has 1 aliphatic carbocycles. The van der Waals surface area contributed by atoms with Gasteiger partial charge in [-0.2, -0.15) is 0 Å². The van der Waals surface area contributed by atoms with E-state index in [1.807, 2.05) is 60.7 Å². The second-order valence-electron chi connectivity index (χ2n) is 10.1. The van der Waals surface area contributed by atoms with E-state index >= 15 is 0 Å². The number of amides is 1. The Morgan fingerprint density at radius 3 is 2.32 bits per heavy atom. The molecule has 1 saturated heterocycles. The predicted molar refractivity (Wildman–Crippen MR) is 140 cm³/mol. The van der Waals surface area contributed by atoms with Gasteiger partial charge in [-0.05, 0) is 63.0 Å². The summed E-state index contributed by atoms with van der Waals surface area (Å²) in [6.07, 6.45) is 4.78. The van der Waals surface area contributed by atoms with Crippen LogP contribution in [0.2, 0.25) is 0 Å². The largest absolute Gasteiger partial charge is 0.465 e. The number of esters is 2. The number of fused-ring (bicyclic) bond motifs is 1. The van der Waals surface area contributed by atoms with E-state index in [4.69, 9.17) is 9.47 Å². The highest BCUT2D eigenvalue weighted by atomic mass is 16.5. The fraction of sp³-hybridized carbons (Fsp3) is 0.500. The third-order valence-corrected chi connectivity index (χ3v) is 7.55. The third-order valence-electron chi connectivity index (χ3n) is 7.55. The Hall–Kier alpha value is -3.19. The molecule has 5 atom stereocenters. The number of likely N-dealkylation sites (tertiary alicyclic amines) is 1. The van der Waals surface area contributed by atoms with Crippen molar-refractivity contribution in [3.8, 4) is 0 Å². The van der Waals surface area contributed by atoms with Crippen molar-refractivity contribution >= 4 is 17.8 Å². The zero-order chi connectivity index (χ0) is 26.2. The Bertz CT molecular complexity index is 1040. The fourth-order valence-corrected chi connectivity index (χ4v) is 5.71. The molecule has 2 aromatic rings. The normalized spacial score (nSPS) is 22.2. The van der Waals surface area contributed by atoms with Crippen LogP contribution in [-0.4, -0.2) is 53.5 Å². The molecule has 0 bridgehead atoms. The lowest BCUT2D eigenvalue weighted by molar-refractivity contribution is -0.156. The first-order valence-electron chi connectivity index (χ1n) is 13.5. The Morgan fingerprint density at radius 1 is 0.973 bits per heavy atom. The zero-order valence-corrected chi connectivity index (χ0v) is 21.8. The van der Waals surface area contributed by atoms with Gasteiger partial charge in [0.05, 0.1) is 12.6 Å². The minimum Gasteiger partial charge on any atom is -0.465 e. The molecule has 7 nitrogen and oxygen atoms in total. The number of carbonyl (C=O) groups is 3. The number of benzene rings is 2. The van der Waals surface area contributed by atoms with Crippen LogP contribution in [0.25, 0.3) is 0 Å². The molecule has 1 saturated carbocycles. The molecule has 1 N–H and O–H groups in total. The monoisotopic (exact) mass is 506 g/mol. The van der Waals surface area contributed by atoms with Crippen LogP contribution in [0.15, 0.2) is 60.7 Å². The van der Waals surface area contributed by atoms with Crippen LogP contribution in [-0.2, 0) is 36.9 Å². The number of rotatable bonds is 11. The number of hydrogen-bond acceptors (Lipinski definition) is 6. The summed E-state index contributed by atoms with van der Waals surface area (Å²) in [6.45, 7) is 4.00. The minimum atomic E-state index is -0.644. The SMILES string of the molecule is CCOC(=O)[C@H](CCc1ccccc1)NC(C)C(=O)N1[C@H](C(=O)OCc2ccccc2)C[C@@H]2CCC[C@@H]21. The molecule has 2 fully saturated rings. The summed E-state index contributed by atoms with van der Waals surface area (Å²) in [6, 6.07) is 17.7. The minimum absolute atomic E-state index is 0.0383. The molecule has 1 unspecified atom stereocenters. The van der Waals surface area contributed by atoms with Gasteiger partial charge in [-0.3, -0.25) is 14.9 Å². The highest BCUT2D eigenvalue weighted by Crippen LogP contribution is 2.42. The molecule has 2 aliphatic rings. The van der Waals surface area contributed by atoms with Crippen molar-refractivity contribution in [3.63, 3.8) is 0 Å². The van der Waals surface area contributed by atoms with Gasteiger partial charge in [0, 0.05) is 6.04 Å². The number of nitrogens with zero attached hydrogens (tertiary/aromatic N) is 1. The van der Waals surface area contributed by atoms with E-state index in [9.17, 15) is 14.4 Å². The Morgan fingerprint density at radius 2 is 1.65 bits per heavy atom. The van der Waals surface area contributed by atoms with E-state index in [0.29, 0.717) is 25.2 Å². The third kappa shape index (κ3) is 6.77. The van der Waals surface area contributed by atoms with E-state index in [1.165, 1.54) is 0 Å². The molecule has 0 aromatic heterocycles. The molecule has 0 spiro atoms. The smallest absolute Gasteiger partial charge is 0.329 e. The van der Waals surface area contributed by atoms with Gasteiger partial charge in [0.1, 0.15) is 18.7 Å². The quantitative estimate of drug-likeness (QED) is 0.463. The molecular formula is C30H38N2O5. The van der Waals surface area contributed by atoms with Gasteiger partial charge in [-0.1, -0.05) is 67.1 Å². The van der Waals surface area contributed by atoms with E-state index in [1.54, 1.807) is 18.7 Å². The molecule has 2 aromatic carbocycles. The van der Waals surface area contributed by atoms with Gasteiger partial charge in [0.25, 0.3) is 0 Å². The van der Waals surface area contributed by atoms with Gasteiger partial charge in [-0.25, -0.2) is 4.79 Å². The summed E-state index contributed by atoms with van der Waals surface area (Å²) >= 11 is 0. The lowest BCUT2D eigenvalue weighted by atomic mass is 10.0. The van der Waals surface area contributed by atoms with Crippen molar-refractivity contribution in [3.05, 3.63) is 71.8 Å². The molecule has 37 heavy (non-hydrogen) atoms. The maximum Gasteiger partial charge on any atom is 0.329 e. The summed E-state index contributed by atoms with van der Waals surface area (Å²) in [5, 5.41) is 3.23. The van der Waals surface area contributed by atoms with Crippen molar-refractivity contribution in [2.24, 2.45) is 5.92 Å². The molecule has 7 heteroatoms. The van der Waals surface area contributed by atoms with Crippen molar-refractivity contribution in [2.45, 2.75) is 83.1 Å². The fourth-order valence-electron chi connectivity index (χ4n) is 5.71. The maximum absolute atomic E-state index is 13.8. The Kier molecular flexibility index (Phi) is 9.34. The summed E-state index contributed by atoms with van der Waals surface area (Å²) < 4.78 is 10.9. The van der Waals surface area contributed by atoms with Crippen molar-refractivity contribution < 1.29 is 23.9 Å². The molecule has 1 aliphatic heterocycles. The maximum atomic E-state index is 13.8. The molecule has 4 rings (SSSR count). The highest BCUT2D eigenvalue weighted by molar-refractivity contribution is 5.89. The van der Waals surface area contributed by atoms with E-state index in [-0.39, 0.29) is 37.1 Å².